The Morgan fingerprint density at radius 2 is 1.96 bits per heavy atom. The predicted molar refractivity (Wildman–Crippen MR) is 90.5 cm³/mol. The van der Waals surface area contributed by atoms with Crippen LogP contribution in [0.3, 0.4) is 0 Å². The van der Waals surface area contributed by atoms with Crippen LogP contribution in [0.5, 0.6) is 5.75 Å². The number of benzene rings is 1. The molecule has 128 valence electrons. The molecule has 23 heavy (non-hydrogen) atoms. The van der Waals surface area contributed by atoms with Crippen LogP contribution < -0.4 is 10.2 Å². The highest BCUT2D eigenvalue weighted by Crippen LogP contribution is 2.13. The number of Topliss-reactive ketones (excluding diaryl/α,β-unsaturated/α-hetero) is 1. The van der Waals surface area contributed by atoms with Gasteiger partial charge in [0.25, 0.3) is 0 Å². The van der Waals surface area contributed by atoms with Crippen LogP contribution in [-0.2, 0) is 20.8 Å². The second-order valence-electron chi connectivity index (χ2n) is 4.95. The smallest absolute Gasteiger partial charge is 0.136 e. The fourth-order valence-corrected chi connectivity index (χ4v) is 1.77. The summed E-state index contributed by atoms with van der Waals surface area (Å²) < 4.78 is 11.0. The molecule has 1 aromatic rings. The molecule has 0 amide bonds. The number of carbonyl (C=O) groups is 1. The van der Waals surface area contributed by atoms with Crippen molar-refractivity contribution >= 4 is 5.78 Å². The average Bonchev–Trinajstić information content (AvgIpc) is 2.58. The Labute approximate surface area is 138 Å². The normalized spacial score (nSPS) is 11.0. The summed E-state index contributed by atoms with van der Waals surface area (Å²) in [6.07, 6.45) is 4.92. The van der Waals surface area contributed by atoms with E-state index < -0.39 is 0 Å². The number of rotatable bonds is 13. The lowest BCUT2D eigenvalue weighted by molar-refractivity contribution is -0.118. The molecule has 0 aliphatic rings. The number of ketones is 1. The standard InChI is InChI=1S/C18H27NO4/c1-3-5-11-23-19-10-12-21-13-14-22-18-8-6-16(7-9-18)15-17(20)4-2/h3,5-9,19H,4,10-15H2,1-2H3/b5-3+. The summed E-state index contributed by atoms with van der Waals surface area (Å²) in [7, 11) is 0. The molecule has 0 bridgehead atoms. The Morgan fingerprint density at radius 3 is 2.65 bits per heavy atom. The molecular weight excluding hydrogens is 294 g/mol. The van der Waals surface area contributed by atoms with Gasteiger partial charge < -0.3 is 9.47 Å². The zero-order valence-electron chi connectivity index (χ0n) is 14.0. The van der Waals surface area contributed by atoms with Crippen LogP contribution >= 0.6 is 0 Å². The molecule has 1 N–H and O–H groups in total. The van der Waals surface area contributed by atoms with Gasteiger partial charge in [0, 0.05) is 19.4 Å². The molecule has 0 aliphatic heterocycles. The summed E-state index contributed by atoms with van der Waals surface area (Å²) in [4.78, 5) is 16.5. The van der Waals surface area contributed by atoms with Gasteiger partial charge in [-0.25, -0.2) is 0 Å². The third kappa shape index (κ3) is 9.84. The van der Waals surface area contributed by atoms with E-state index in [0.717, 1.165) is 11.3 Å². The summed E-state index contributed by atoms with van der Waals surface area (Å²) in [6, 6.07) is 7.62. The largest absolute Gasteiger partial charge is 0.491 e. The minimum Gasteiger partial charge on any atom is -0.491 e. The first-order valence-corrected chi connectivity index (χ1v) is 8.03. The van der Waals surface area contributed by atoms with Crippen molar-refractivity contribution < 1.29 is 19.1 Å². The maximum absolute atomic E-state index is 11.4. The van der Waals surface area contributed by atoms with Crippen LogP contribution in [0.1, 0.15) is 25.8 Å². The van der Waals surface area contributed by atoms with Crippen LogP contribution in [-0.4, -0.2) is 38.8 Å². The summed E-state index contributed by atoms with van der Waals surface area (Å²) in [5, 5.41) is 0. The van der Waals surface area contributed by atoms with Crippen LogP contribution in [0.4, 0.5) is 0 Å². The first-order valence-electron chi connectivity index (χ1n) is 8.03. The van der Waals surface area contributed by atoms with Crippen LogP contribution in [0.15, 0.2) is 36.4 Å². The second kappa shape index (κ2) is 12.8. The molecule has 0 radical (unpaired) electrons. The SMILES string of the molecule is C/C=C/CONCCOCCOc1ccc(CC(=O)CC)cc1. The van der Waals surface area contributed by atoms with Gasteiger partial charge in [-0.1, -0.05) is 31.2 Å². The van der Waals surface area contributed by atoms with E-state index in [1.165, 1.54) is 0 Å². The van der Waals surface area contributed by atoms with E-state index in [4.69, 9.17) is 14.3 Å². The summed E-state index contributed by atoms with van der Waals surface area (Å²) in [5.41, 5.74) is 3.83. The minimum atomic E-state index is 0.246. The second-order valence-corrected chi connectivity index (χ2v) is 4.95. The lowest BCUT2D eigenvalue weighted by Gasteiger charge is -2.08. The van der Waals surface area contributed by atoms with Crippen molar-refractivity contribution in [3.05, 3.63) is 42.0 Å². The van der Waals surface area contributed by atoms with Crippen molar-refractivity contribution in [2.24, 2.45) is 0 Å². The van der Waals surface area contributed by atoms with E-state index in [0.29, 0.717) is 45.8 Å². The zero-order chi connectivity index (χ0) is 16.8. The zero-order valence-corrected chi connectivity index (χ0v) is 14.0. The Kier molecular flexibility index (Phi) is 10.8. The summed E-state index contributed by atoms with van der Waals surface area (Å²) >= 11 is 0. The van der Waals surface area contributed by atoms with E-state index in [1.807, 2.05) is 50.3 Å². The topological polar surface area (TPSA) is 56.8 Å². The molecule has 0 fully saturated rings. The van der Waals surface area contributed by atoms with Gasteiger partial charge in [0.15, 0.2) is 0 Å². The highest BCUT2D eigenvalue weighted by atomic mass is 16.6. The van der Waals surface area contributed by atoms with Gasteiger partial charge in [0.1, 0.15) is 18.1 Å². The number of allylic oxidation sites excluding steroid dienone is 1. The van der Waals surface area contributed by atoms with Gasteiger partial charge in [-0.2, -0.15) is 5.48 Å². The fourth-order valence-electron chi connectivity index (χ4n) is 1.77. The molecule has 0 saturated heterocycles. The monoisotopic (exact) mass is 321 g/mol. The molecule has 1 rings (SSSR count). The Balaban J connectivity index is 2.04. The molecule has 0 aliphatic carbocycles. The Hall–Kier alpha value is -1.69. The van der Waals surface area contributed by atoms with E-state index >= 15 is 0 Å². The van der Waals surface area contributed by atoms with Crippen molar-refractivity contribution in [3.63, 3.8) is 0 Å². The lowest BCUT2D eigenvalue weighted by Crippen LogP contribution is -2.21. The maximum Gasteiger partial charge on any atom is 0.136 e. The van der Waals surface area contributed by atoms with Crippen molar-refractivity contribution in [2.45, 2.75) is 26.7 Å². The summed E-state index contributed by atoms with van der Waals surface area (Å²) in [5.74, 6) is 1.03. The molecular formula is C18H27NO4. The first-order chi connectivity index (χ1) is 11.3. The first kappa shape index (κ1) is 19.4. The van der Waals surface area contributed by atoms with Gasteiger partial charge in [-0.3, -0.25) is 9.63 Å². The molecule has 0 atom stereocenters. The molecule has 0 spiro atoms. The lowest BCUT2D eigenvalue weighted by atomic mass is 10.1. The number of hydrogen-bond donors (Lipinski definition) is 1. The average molecular weight is 321 g/mol. The summed E-state index contributed by atoms with van der Waals surface area (Å²) in [6.45, 7) is 6.60. The highest BCUT2D eigenvalue weighted by Gasteiger charge is 2.01. The maximum atomic E-state index is 11.4. The van der Waals surface area contributed by atoms with Gasteiger partial charge in [-0.15, -0.1) is 0 Å². The van der Waals surface area contributed by atoms with Crippen molar-refractivity contribution in [1.29, 1.82) is 0 Å². The highest BCUT2D eigenvalue weighted by molar-refractivity contribution is 5.80. The van der Waals surface area contributed by atoms with Crippen molar-refractivity contribution in [3.8, 4) is 5.75 Å². The van der Waals surface area contributed by atoms with Crippen molar-refractivity contribution in [1.82, 2.24) is 5.48 Å². The van der Waals surface area contributed by atoms with E-state index in [-0.39, 0.29) is 5.78 Å². The number of nitrogens with one attached hydrogen (secondary N) is 1. The van der Waals surface area contributed by atoms with Crippen LogP contribution in [0.25, 0.3) is 0 Å². The van der Waals surface area contributed by atoms with Crippen LogP contribution in [0.2, 0.25) is 0 Å². The van der Waals surface area contributed by atoms with E-state index in [1.54, 1.807) is 0 Å². The van der Waals surface area contributed by atoms with E-state index in [2.05, 4.69) is 5.48 Å². The third-order valence-electron chi connectivity index (χ3n) is 3.08. The quantitative estimate of drug-likeness (QED) is 0.344. The van der Waals surface area contributed by atoms with Crippen LogP contribution in [0, 0.1) is 0 Å². The molecule has 0 aromatic heterocycles. The number of hydrogen-bond acceptors (Lipinski definition) is 5. The minimum absolute atomic E-state index is 0.246. The van der Waals surface area contributed by atoms with E-state index in [9.17, 15) is 4.79 Å². The van der Waals surface area contributed by atoms with Crippen molar-refractivity contribution in [2.75, 3.05) is 33.0 Å². The number of hydroxylamine groups is 1. The fraction of sp³-hybridized carbons (Fsp3) is 0.500. The Morgan fingerprint density at radius 1 is 1.17 bits per heavy atom. The predicted octanol–water partition coefficient (Wildman–Crippen LogP) is 2.70. The molecule has 0 saturated carbocycles. The van der Waals surface area contributed by atoms with Gasteiger partial charge in [0.05, 0.1) is 19.8 Å². The molecule has 0 unspecified atom stereocenters. The molecule has 5 heteroatoms. The third-order valence-corrected chi connectivity index (χ3v) is 3.08. The Bertz CT molecular complexity index is 457. The number of ether oxygens (including phenoxy) is 2. The molecule has 0 heterocycles. The molecule has 1 aromatic carbocycles. The van der Waals surface area contributed by atoms with Gasteiger partial charge in [0.2, 0.25) is 0 Å². The van der Waals surface area contributed by atoms with Gasteiger partial charge >= 0.3 is 0 Å². The molecule has 5 nitrogen and oxygen atoms in total. The van der Waals surface area contributed by atoms with Gasteiger partial charge in [-0.05, 0) is 24.6 Å². The number of carbonyl (C=O) groups excluding carboxylic acids is 1.